The summed E-state index contributed by atoms with van der Waals surface area (Å²) in [6, 6.07) is 3.22. The van der Waals surface area contributed by atoms with Crippen LogP contribution in [0.2, 0.25) is 0 Å². The maximum absolute atomic E-state index is 11.9. The molecule has 0 aromatic carbocycles. The molecule has 1 aromatic rings. The second kappa shape index (κ2) is 8.48. The third-order valence-electron chi connectivity index (χ3n) is 2.06. The maximum atomic E-state index is 11.9. The molecular formula is C11H14F5NO2S. The minimum absolute atomic E-state index is 0.0751. The SMILES string of the molecule is FC(F)SCc1ccc(CNCCOCC(F)(F)F)o1. The van der Waals surface area contributed by atoms with Crippen molar-refractivity contribution < 1.29 is 31.1 Å². The summed E-state index contributed by atoms with van der Waals surface area (Å²) in [6.45, 7) is -0.814. The molecule has 0 spiro atoms. The summed E-state index contributed by atoms with van der Waals surface area (Å²) < 4.78 is 68.8. The van der Waals surface area contributed by atoms with Crippen molar-refractivity contribution in [2.75, 3.05) is 19.8 Å². The second-order valence-corrected chi connectivity index (χ2v) is 4.76. The molecule has 0 aliphatic rings. The number of ether oxygens (including phenoxy) is 1. The summed E-state index contributed by atoms with van der Waals surface area (Å²) in [4.78, 5) is 0. The first-order chi connectivity index (χ1) is 9.37. The van der Waals surface area contributed by atoms with Gasteiger partial charge in [0.05, 0.1) is 18.9 Å². The molecule has 0 aliphatic heterocycles. The minimum atomic E-state index is -4.32. The fraction of sp³-hybridized carbons (Fsp3) is 0.636. The van der Waals surface area contributed by atoms with Crippen LogP contribution in [0.4, 0.5) is 22.0 Å². The van der Waals surface area contributed by atoms with Gasteiger partial charge in [0.15, 0.2) is 0 Å². The van der Waals surface area contributed by atoms with Crippen molar-refractivity contribution in [2.24, 2.45) is 0 Å². The van der Waals surface area contributed by atoms with Gasteiger partial charge < -0.3 is 14.5 Å². The smallest absolute Gasteiger partial charge is 0.411 e. The number of hydrogen-bond donors (Lipinski definition) is 1. The zero-order chi connectivity index (χ0) is 15.0. The van der Waals surface area contributed by atoms with Crippen LogP contribution in [-0.2, 0) is 17.0 Å². The van der Waals surface area contributed by atoms with Crippen molar-refractivity contribution in [2.45, 2.75) is 24.2 Å². The average molecular weight is 319 g/mol. The predicted molar refractivity (Wildman–Crippen MR) is 64.6 cm³/mol. The van der Waals surface area contributed by atoms with E-state index in [0.29, 0.717) is 29.8 Å². The fourth-order valence-corrected chi connectivity index (χ4v) is 1.73. The number of hydrogen-bond acceptors (Lipinski definition) is 4. The summed E-state index contributed by atoms with van der Waals surface area (Å²) >= 11 is 0.461. The number of furan rings is 1. The molecule has 0 fully saturated rings. The van der Waals surface area contributed by atoms with Gasteiger partial charge in [0.1, 0.15) is 18.1 Å². The standard InChI is InChI=1S/C11H14F5NO2S/c12-10(13)20-6-9-2-1-8(19-9)5-17-3-4-18-7-11(14,15)16/h1-2,10,17H,3-7H2. The average Bonchev–Trinajstić information content (AvgIpc) is 2.77. The summed E-state index contributed by atoms with van der Waals surface area (Å²) in [6.07, 6.45) is -4.32. The lowest BCUT2D eigenvalue weighted by Gasteiger charge is -2.07. The lowest BCUT2D eigenvalue weighted by molar-refractivity contribution is -0.173. The Bertz CT molecular complexity index is 383. The Labute approximate surface area is 116 Å². The molecule has 1 rings (SSSR count). The summed E-state index contributed by atoms with van der Waals surface area (Å²) in [5.74, 6) is -1.41. The highest BCUT2D eigenvalue weighted by molar-refractivity contribution is 7.98. The molecular weight excluding hydrogens is 305 g/mol. The Hall–Kier alpha value is -0.800. The summed E-state index contributed by atoms with van der Waals surface area (Å²) in [7, 11) is 0. The Balaban J connectivity index is 2.10. The molecule has 1 heterocycles. The first kappa shape index (κ1) is 17.3. The second-order valence-electron chi connectivity index (χ2n) is 3.78. The zero-order valence-corrected chi connectivity index (χ0v) is 11.2. The largest absolute Gasteiger partial charge is 0.464 e. The molecule has 0 unspecified atom stereocenters. The van der Waals surface area contributed by atoms with Gasteiger partial charge in [0.25, 0.3) is 5.76 Å². The molecule has 9 heteroatoms. The molecule has 0 radical (unpaired) electrons. The Kier molecular flexibility index (Phi) is 7.31. The van der Waals surface area contributed by atoms with Gasteiger partial charge in [-0.25, -0.2) is 0 Å². The monoisotopic (exact) mass is 319 g/mol. The molecule has 0 atom stereocenters. The minimum Gasteiger partial charge on any atom is -0.464 e. The summed E-state index contributed by atoms with van der Waals surface area (Å²) in [5, 5.41) is 2.83. The van der Waals surface area contributed by atoms with Crippen molar-refractivity contribution in [1.29, 1.82) is 0 Å². The van der Waals surface area contributed by atoms with Crippen molar-refractivity contribution in [1.82, 2.24) is 5.32 Å². The van der Waals surface area contributed by atoms with E-state index in [1.54, 1.807) is 12.1 Å². The van der Waals surface area contributed by atoms with Crippen LogP contribution in [0, 0.1) is 0 Å². The van der Waals surface area contributed by atoms with E-state index >= 15 is 0 Å². The van der Waals surface area contributed by atoms with Gasteiger partial charge in [-0.2, -0.15) is 22.0 Å². The van der Waals surface area contributed by atoms with E-state index in [-0.39, 0.29) is 18.9 Å². The Morgan fingerprint density at radius 3 is 2.60 bits per heavy atom. The van der Waals surface area contributed by atoms with E-state index in [1.807, 2.05) is 0 Å². The van der Waals surface area contributed by atoms with Gasteiger partial charge in [-0.1, -0.05) is 11.8 Å². The molecule has 0 saturated heterocycles. The molecule has 20 heavy (non-hydrogen) atoms. The van der Waals surface area contributed by atoms with Gasteiger partial charge in [-0.15, -0.1) is 0 Å². The Morgan fingerprint density at radius 1 is 1.25 bits per heavy atom. The fourth-order valence-electron chi connectivity index (χ4n) is 1.28. The van der Waals surface area contributed by atoms with E-state index in [4.69, 9.17) is 4.42 Å². The predicted octanol–water partition coefficient (Wildman–Crippen LogP) is 3.40. The summed E-state index contributed by atoms with van der Waals surface area (Å²) in [5.41, 5.74) is 0. The third-order valence-corrected chi connectivity index (χ3v) is 2.76. The number of thioether (sulfide) groups is 1. The topological polar surface area (TPSA) is 34.4 Å². The lowest BCUT2D eigenvalue weighted by atomic mass is 10.4. The van der Waals surface area contributed by atoms with E-state index < -0.39 is 18.5 Å². The molecule has 0 bridgehead atoms. The van der Waals surface area contributed by atoms with Crippen molar-refractivity contribution in [3.63, 3.8) is 0 Å². The van der Waals surface area contributed by atoms with Crippen LogP contribution in [0.1, 0.15) is 11.5 Å². The molecule has 116 valence electrons. The normalized spacial score (nSPS) is 12.3. The van der Waals surface area contributed by atoms with Crippen LogP contribution in [-0.4, -0.2) is 31.7 Å². The molecule has 1 aromatic heterocycles. The van der Waals surface area contributed by atoms with Crippen LogP contribution in [0.5, 0.6) is 0 Å². The van der Waals surface area contributed by atoms with Crippen molar-refractivity contribution in [3.05, 3.63) is 23.7 Å². The first-order valence-electron chi connectivity index (χ1n) is 5.69. The molecule has 0 amide bonds. The Morgan fingerprint density at radius 2 is 1.95 bits per heavy atom. The number of halogens is 5. The van der Waals surface area contributed by atoms with Gasteiger partial charge in [0.2, 0.25) is 0 Å². The van der Waals surface area contributed by atoms with Crippen molar-refractivity contribution in [3.8, 4) is 0 Å². The highest BCUT2D eigenvalue weighted by Gasteiger charge is 2.27. The van der Waals surface area contributed by atoms with Crippen LogP contribution in [0.3, 0.4) is 0 Å². The van der Waals surface area contributed by atoms with Crippen LogP contribution in [0.15, 0.2) is 16.5 Å². The molecule has 0 saturated carbocycles. The van der Waals surface area contributed by atoms with E-state index in [2.05, 4.69) is 10.1 Å². The molecule has 1 N–H and O–H groups in total. The van der Waals surface area contributed by atoms with Gasteiger partial charge >= 0.3 is 6.18 Å². The van der Waals surface area contributed by atoms with Gasteiger partial charge in [0, 0.05) is 6.54 Å². The first-order valence-corrected chi connectivity index (χ1v) is 6.74. The lowest BCUT2D eigenvalue weighted by Crippen LogP contribution is -2.23. The zero-order valence-electron chi connectivity index (χ0n) is 10.4. The van der Waals surface area contributed by atoms with Crippen LogP contribution >= 0.6 is 11.8 Å². The van der Waals surface area contributed by atoms with Gasteiger partial charge in [-0.3, -0.25) is 0 Å². The van der Waals surface area contributed by atoms with Gasteiger partial charge in [-0.05, 0) is 12.1 Å². The maximum Gasteiger partial charge on any atom is 0.411 e. The molecule has 3 nitrogen and oxygen atoms in total. The number of rotatable bonds is 9. The molecule has 0 aliphatic carbocycles. The van der Waals surface area contributed by atoms with Crippen LogP contribution < -0.4 is 5.32 Å². The van der Waals surface area contributed by atoms with E-state index in [9.17, 15) is 22.0 Å². The van der Waals surface area contributed by atoms with Crippen LogP contribution in [0.25, 0.3) is 0 Å². The number of alkyl halides is 5. The highest BCUT2D eigenvalue weighted by atomic mass is 32.2. The quantitative estimate of drug-likeness (QED) is 0.559. The van der Waals surface area contributed by atoms with E-state index in [0.717, 1.165) is 0 Å². The number of nitrogens with one attached hydrogen (secondary N) is 1. The highest BCUT2D eigenvalue weighted by Crippen LogP contribution is 2.21. The third kappa shape index (κ3) is 8.39. The van der Waals surface area contributed by atoms with Crippen molar-refractivity contribution >= 4 is 11.8 Å². The van der Waals surface area contributed by atoms with E-state index in [1.165, 1.54) is 0 Å².